The van der Waals surface area contributed by atoms with Crippen molar-refractivity contribution in [2.24, 2.45) is 0 Å². The van der Waals surface area contributed by atoms with Gasteiger partial charge in [0.05, 0.1) is 5.69 Å². The predicted molar refractivity (Wildman–Crippen MR) is 79.6 cm³/mol. The maximum Gasteiger partial charge on any atom is 0.256 e. The minimum Gasteiger partial charge on any atom is -0.431 e. The first-order valence-corrected chi connectivity index (χ1v) is 7.28. The highest BCUT2D eigenvalue weighted by Crippen LogP contribution is 2.23. The summed E-state index contributed by atoms with van der Waals surface area (Å²) in [5.74, 6) is 0.514. The van der Waals surface area contributed by atoms with Gasteiger partial charge in [-0.05, 0) is 24.3 Å². The fraction of sp³-hybridized carbons (Fsp3) is 0.133. The van der Waals surface area contributed by atoms with Crippen LogP contribution in [0.4, 0.5) is 10.1 Å². The number of hydrogen-bond acceptors (Lipinski definition) is 4. The minimum atomic E-state index is -0.237. The van der Waals surface area contributed by atoms with Gasteiger partial charge in [-0.1, -0.05) is 36.0 Å². The van der Waals surface area contributed by atoms with Crippen LogP contribution in [0.1, 0.15) is 0 Å². The largest absolute Gasteiger partial charge is 0.431 e. The Hall–Kier alpha value is -2.01. The van der Waals surface area contributed by atoms with Crippen molar-refractivity contribution in [3.8, 4) is 0 Å². The van der Waals surface area contributed by atoms with Gasteiger partial charge in [-0.2, -0.15) is 0 Å². The molecule has 0 spiro atoms. The van der Waals surface area contributed by atoms with Gasteiger partial charge in [0.2, 0.25) is 0 Å². The first-order valence-electron chi connectivity index (χ1n) is 6.30. The number of hydrogen-bond donors (Lipinski definition) is 1. The topological polar surface area (TPSA) is 38.1 Å². The van der Waals surface area contributed by atoms with E-state index in [1.165, 1.54) is 17.8 Å². The molecule has 1 aromatic heterocycles. The van der Waals surface area contributed by atoms with E-state index in [0.717, 1.165) is 16.9 Å². The number of thioether (sulfide) groups is 1. The van der Waals surface area contributed by atoms with E-state index in [1.54, 1.807) is 18.2 Å². The Balaban J connectivity index is 1.54. The molecule has 3 nitrogen and oxygen atoms in total. The van der Waals surface area contributed by atoms with Gasteiger partial charge in [-0.3, -0.25) is 0 Å². The lowest BCUT2D eigenvalue weighted by molar-refractivity contribution is 0.489. The standard InChI is InChI=1S/C15H13FN2OS/c16-11-5-1-2-6-12(11)17-9-10-20-15-18-13-7-3-4-8-14(13)19-15/h1-8,17H,9-10H2. The summed E-state index contributed by atoms with van der Waals surface area (Å²) in [6.07, 6.45) is 0. The molecule has 1 heterocycles. The highest BCUT2D eigenvalue weighted by molar-refractivity contribution is 7.99. The van der Waals surface area contributed by atoms with Crippen molar-refractivity contribution in [3.63, 3.8) is 0 Å². The van der Waals surface area contributed by atoms with Crippen molar-refractivity contribution in [1.29, 1.82) is 0 Å². The first-order chi connectivity index (χ1) is 9.83. The Labute approximate surface area is 120 Å². The smallest absolute Gasteiger partial charge is 0.256 e. The van der Waals surface area contributed by atoms with Gasteiger partial charge in [0.15, 0.2) is 5.58 Å². The van der Waals surface area contributed by atoms with E-state index >= 15 is 0 Å². The summed E-state index contributed by atoms with van der Waals surface area (Å²) in [5, 5.41) is 3.69. The molecule has 0 aliphatic rings. The number of benzene rings is 2. The molecule has 0 saturated carbocycles. The lowest BCUT2D eigenvalue weighted by Crippen LogP contribution is -2.05. The molecule has 0 unspecified atom stereocenters. The average molecular weight is 288 g/mol. The summed E-state index contributed by atoms with van der Waals surface area (Å²) >= 11 is 1.51. The van der Waals surface area contributed by atoms with Crippen LogP contribution < -0.4 is 5.32 Å². The summed E-state index contributed by atoms with van der Waals surface area (Å²) in [4.78, 5) is 4.37. The van der Waals surface area contributed by atoms with Crippen LogP contribution in [-0.2, 0) is 0 Å². The second kappa shape index (κ2) is 5.96. The lowest BCUT2D eigenvalue weighted by atomic mass is 10.3. The van der Waals surface area contributed by atoms with E-state index in [1.807, 2.05) is 24.3 Å². The Kier molecular flexibility index (Phi) is 3.87. The van der Waals surface area contributed by atoms with Crippen LogP contribution in [-0.4, -0.2) is 17.3 Å². The van der Waals surface area contributed by atoms with E-state index in [9.17, 15) is 4.39 Å². The first kappa shape index (κ1) is 13.0. The monoisotopic (exact) mass is 288 g/mol. The Morgan fingerprint density at radius 2 is 1.90 bits per heavy atom. The third-order valence-electron chi connectivity index (χ3n) is 2.79. The van der Waals surface area contributed by atoms with Crippen LogP contribution in [0.3, 0.4) is 0 Å². The molecule has 2 aromatic carbocycles. The number of nitrogens with one attached hydrogen (secondary N) is 1. The van der Waals surface area contributed by atoms with Crippen LogP contribution in [0.25, 0.3) is 11.1 Å². The zero-order chi connectivity index (χ0) is 13.8. The zero-order valence-corrected chi connectivity index (χ0v) is 11.5. The molecule has 0 saturated heterocycles. The van der Waals surface area contributed by atoms with Crippen LogP contribution in [0.2, 0.25) is 0 Å². The van der Waals surface area contributed by atoms with E-state index in [2.05, 4.69) is 10.3 Å². The van der Waals surface area contributed by atoms with E-state index < -0.39 is 0 Å². The van der Waals surface area contributed by atoms with E-state index in [0.29, 0.717) is 17.5 Å². The number of anilines is 1. The van der Waals surface area contributed by atoms with Gasteiger partial charge >= 0.3 is 0 Å². The van der Waals surface area contributed by atoms with E-state index in [4.69, 9.17) is 4.42 Å². The van der Waals surface area contributed by atoms with Crippen molar-refractivity contribution in [1.82, 2.24) is 4.98 Å². The normalized spacial score (nSPS) is 10.8. The van der Waals surface area contributed by atoms with Crippen molar-refractivity contribution < 1.29 is 8.81 Å². The summed E-state index contributed by atoms with van der Waals surface area (Å²) < 4.78 is 19.0. The number of nitrogens with zero attached hydrogens (tertiary/aromatic N) is 1. The van der Waals surface area contributed by atoms with Gasteiger partial charge in [0.25, 0.3) is 5.22 Å². The predicted octanol–water partition coefficient (Wildman–Crippen LogP) is 4.17. The summed E-state index contributed by atoms with van der Waals surface area (Å²) in [7, 11) is 0. The SMILES string of the molecule is Fc1ccccc1NCCSc1nc2ccccc2o1. The fourth-order valence-corrected chi connectivity index (χ4v) is 2.53. The van der Waals surface area contributed by atoms with Crippen molar-refractivity contribution in [2.45, 2.75) is 5.22 Å². The summed E-state index contributed by atoms with van der Waals surface area (Å²) in [6.45, 7) is 0.643. The highest BCUT2D eigenvalue weighted by atomic mass is 32.2. The molecule has 0 fully saturated rings. The molecule has 3 rings (SSSR count). The third-order valence-corrected chi connectivity index (χ3v) is 3.62. The average Bonchev–Trinajstić information content (AvgIpc) is 2.88. The van der Waals surface area contributed by atoms with E-state index in [-0.39, 0.29) is 5.82 Å². The Bertz CT molecular complexity index is 681. The molecular weight excluding hydrogens is 275 g/mol. The molecule has 0 aliphatic carbocycles. The van der Waals surface area contributed by atoms with Crippen molar-refractivity contribution in [2.75, 3.05) is 17.6 Å². The molecule has 0 bridgehead atoms. The third kappa shape index (κ3) is 2.93. The molecule has 0 radical (unpaired) electrons. The van der Waals surface area contributed by atoms with Gasteiger partial charge in [-0.15, -0.1) is 0 Å². The number of para-hydroxylation sites is 3. The van der Waals surface area contributed by atoms with Crippen LogP contribution >= 0.6 is 11.8 Å². The number of halogens is 1. The Morgan fingerprint density at radius 1 is 1.10 bits per heavy atom. The van der Waals surface area contributed by atoms with Crippen LogP contribution in [0, 0.1) is 5.82 Å². The fourth-order valence-electron chi connectivity index (χ4n) is 1.84. The number of rotatable bonds is 5. The molecule has 0 amide bonds. The summed E-state index contributed by atoms with van der Waals surface area (Å²) in [6, 6.07) is 14.3. The second-order valence-corrected chi connectivity index (χ2v) is 5.25. The minimum absolute atomic E-state index is 0.237. The van der Waals surface area contributed by atoms with Gasteiger partial charge in [0, 0.05) is 12.3 Å². The molecule has 0 atom stereocenters. The van der Waals surface area contributed by atoms with Crippen LogP contribution in [0.15, 0.2) is 58.2 Å². The second-order valence-electron chi connectivity index (χ2n) is 4.20. The van der Waals surface area contributed by atoms with Gasteiger partial charge in [0.1, 0.15) is 11.3 Å². The molecule has 3 aromatic rings. The molecule has 20 heavy (non-hydrogen) atoms. The number of fused-ring (bicyclic) bond motifs is 1. The lowest BCUT2D eigenvalue weighted by Gasteiger charge is -2.05. The van der Waals surface area contributed by atoms with Gasteiger partial charge < -0.3 is 9.73 Å². The highest BCUT2D eigenvalue weighted by Gasteiger charge is 2.05. The van der Waals surface area contributed by atoms with Crippen molar-refractivity contribution in [3.05, 3.63) is 54.3 Å². The van der Waals surface area contributed by atoms with Gasteiger partial charge in [-0.25, -0.2) is 9.37 Å². The quantitative estimate of drug-likeness (QED) is 0.565. The molecule has 0 aliphatic heterocycles. The number of aromatic nitrogens is 1. The molecule has 1 N–H and O–H groups in total. The maximum absolute atomic E-state index is 13.4. The Morgan fingerprint density at radius 3 is 2.75 bits per heavy atom. The zero-order valence-electron chi connectivity index (χ0n) is 10.7. The molecular formula is C15H13FN2OS. The maximum atomic E-state index is 13.4. The number of oxazole rings is 1. The van der Waals surface area contributed by atoms with Crippen molar-refractivity contribution >= 4 is 28.5 Å². The summed E-state index contributed by atoms with van der Waals surface area (Å²) in [5.41, 5.74) is 2.17. The molecule has 5 heteroatoms. The van der Waals surface area contributed by atoms with Crippen LogP contribution in [0.5, 0.6) is 0 Å². The molecule has 102 valence electrons.